The van der Waals surface area contributed by atoms with Crippen LogP contribution in [0.25, 0.3) is 0 Å². The Morgan fingerprint density at radius 3 is 2.25 bits per heavy atom. The molecule has 2 aliphatic carbocycles. The Labute approximate surface area is 74.5 Å². The number of Topliss-reactive ketones (excluding diaryl/α,β-unsaturated/α-hetero) is 1. The van der Waals surface area contributed by atoms with E-state index in [0.717, 1.165) is 18.8 Å². The van der Waals surface area contributed by atoms with Crippen molar-refractivity contribution >= 4 is 5.78 Å². The lowest BCUT2D eigenvalue weighted by Gasteiger charge is -2.26. The molecule has 0 aromatic carbocycles. The van der Waals surface area contributed by atoms with Crippen molar-refractivity contribution in [1.29, 1.82) is 0 Å². The monoisotopic (exact) mass is 166 g/mol. The Balaban J connectivity index is 2.19. The summed E-state index contributed by atoms with van der Waals surface area (Å²) in [6, 6.07) is 0. The number of fused-ring (bicyclic) bond motifs is 1. The summed E-state index contributed by atoms with van der Waals surface area (Å²) in [6.45, 7) is 8.80. The number of ketones is 1. The van der Waals surface area contributed by atoms with E-state index in [-0.39, 0.29) is 5.41 Å². The van der Waals surface area contributed by atoms with E-state index in [1.807, 2.05) is 0 Å². The van der Waals surface area contributed by atoms with Gasteiger partial charge in [0, 0.05) is 11.8 Å². The number of carbonyl (C=O) groups excluding carboxylic acids is 1. The van der Waals surface area contributed by atoms with Crippen molar-refractivity contribution in [3.05, 3.63) is 0 Å². The summed E-state index contributed by atoms with van der Waals surface area (Å²) in [7, 11) is 0. The van der Waals surface area contributed by atoms with Crippen LogP contribution in [-0.2, 0) is 4.79 Å². The van der Waals surface area contributed by atoms with Gasteiger partial charge in [-0.15, -0.1) is 0 Å². The second-order valence-corrected chi connectivity index (χ2v) is 5.75. The molecule has 0 N–H and O–H groups in total. The Morgan fingerprint density at radius 2 is 1.75 bits per heavy atom. The van der Waals surface area contributed by atoms with Gasteiger partial charge in [-0.25, -0.2) is 0 Å². The van der Waals surface area contributed by atoms with Crippen molar-refractivity contribution in [3.8, 4) is 0 Å². The molecule has 0 amide bonds. The minimum atomic E-state index is -0.0328. The fraction of sp³-hybridized carbons (Fsp3) is 0.909. The number of hydrogen-bond donors (Lipinski definition) is 0. The summed E-state index contributed by atoms with van der Waals surface area (Å²) in [5.41, 5.74) is 0.429. The van der Waals surface area contributed by atoms with Crippen LogP contribution >= 0.6 is 0 Å². The molecule has 0 spiro atoms. The number of hydrogen-bond acceptors (Lipinski definition) is 1. The highest BCUT2D eigenvalue weighted by atomic mass is 16.1. The first kappa shape index (κ1) is 8.28. The lowest BCUT2D eigenvalue weighted by molar-refractivity contribution is -0.129. The Kier molecular flexibility index (Phi) is 1.34. The molecule has 0 saturated heterocycles. The Bertz CT molecular complexity index is 237. The first-order chi connectivity index (χ1) is 5.36. The third-order valence-corrected chi connectivity index (χ3v) is 4.18. The molecule has 68 valence electrons. The maximum absolute atomic E-state index is 11.6. The van der Waals surface area contributed by atoms with E-state index >= 15 is 0 Å². The van der Waals surface area contributed by atoms with Crippen molar-refractivity contribution in [1.82, 2.24) is 0 Å². The zero-order chi connectivity index (χ0) is 9.15. The van der Waals surface area contributed by atoms with Gasteiger partial charge in [-0.2, -0.15) is 0 Å². The summed E-state index contributed by atoms with van der Waals surface area (Å²) in [5, 5.41) is 0. The molecule has 1 heteroatoms. The normalized spacial score (nSPS) is 42.2. The van der Waals surface area contributed by atoms with Gasteiger partial charge in [0.05, 0.1) is 0 Å². The second-order valence-electron chi connectivity index (χ2n) is 5.75. The quantitative estimate of drug-likeness (QED) is 0.540. The van der Waals surface area contributed by atoms with Gasteiger partial charge in [-0.3, -0.25) is 4.79 Å². The van der Waals surface area contributed by atoms with Crippen molar-refractivity contribution in [2.45, 2.75) is 40.5 Å². The van der Waals surface area contributed by atoms with E-state index in [0.29, 0.717) is 17.1 Å². The van der Waals surface area contributed by atoms with Gasteiger partial charge in [-0.05, 0) is 23.7 Å². The van der Waals surface area contributed by atoms with Gasteiger partial charge in [0.2, 0.25) is 0 Å². The molecular weight excluding hydrogens is 148 g/mol. The summed E-state index contributed by atoms with van der Waals surface area (Å²) in [4.78, 5) is 11.6. The van der Waals surface area contributed by atoms with Crippen LogP contribution in [-0.4, -0.2) is 5.78 Å². The average molecular weight is 166 g/mol. The first-order valence-corrected chi connectivity index (χ1v) is 4.89. The summed E-state index contributed by atoms with van der Waals surface area (Å²) in [5.74, 6) is 2.01. The van der Waals surface area contributed by atoms with Crippen LogP contribution in [0.3, 0.4) is 0 Å². The molecule has 0 radical (unpaired) electrons. The molecule has 2 rings (SSSR count). The molecule has 12 heavy (non-hydrogen) atoms. The lowest BCUT2D eigenvalue weighted by atomic mass is 9.76. The summed E-state index contributed by atoms with van der Waals surface area (Å²) >= 11 is 0. The zero-order valence-electron chi connectivity index (χ0n) is 8.48. The van der Waals surface area contributed by atoms with E-state index in [2.05, 4.69) is 27.7 Å². The van der Waals surface area contributed by atoms with E-state index in [9.17, 15) is 4.79 Å². The highest BCUT2D eigenvalue weighted by molar-refractivity contribution is 5.86. The van der Waals surface area contributed by atoms with Crippen LogP contribution in [0.2, 0.25) is 0 Å². The van der Waals surface area contributed by atoms with E-state index in [1.165, 1.54) is 0 Å². The van der Waals surface area contributed by atoms with Crippen molar-refractivity contribution < 1.29 is 4.79 Å². The Morgan fingerprint density at radius 1 is 1.17 bits per heavy atom. The topological polar surface area (TPSA) is 17.1 Å². The maximum atomic E-state index is 11.6. The average Bonchev–Trinajstić information content (AvgIpc) is 2.37. The SMILES string of the molecule is CC1(C)C[C@H]2[C@@H](CC1=O)C2(C)C. The molecule has 0 heterocycles. The fourth-order valence-electron chi connectivity index (χ4n) is 2.81. The minimum absolute atomic E-state index is 0.0328. The molecule has 0 bridgehead atoms. The van der Waals surface area contributed by atoms with Crippen LogP contribution in [0.1, 0.15) is 40.5 Å². The molecule has 0 aliphatic heterocycles. The van der Waals surface area contributed by atoms with E-state index in [1.54, 1.807) is 0 Å². The maximum Gasteiger partial charge on any atom is 0.138 e. The highest BCUT2D eigenvalue weighted by Crippen LogP contribution is 2.66. The van der Waals surface area contributed by atoms with E-state index in [4.69, 9.17) is 0 Å². The van der Waals surface area contributed by atoms with Gasteiger partial charge in [0.25, 0.3) is 0 Å². The standard InChI is InChI=1S/C11H18O/c1-10(2)6-8-7(5-9(10)12)11(8,3)4/h7-8H,5-6H2,1-4H3/t7-,8+/m1/s1. The number of carbonyl (C=O) groups is 1. The third kappa shape index (κ3) is 0.884. The van der Waals surface area contributed by atoms with Gasteiger partial charge >= 0.3 is 0 Å². The molecule has 2 saturated carbocycles. The first-order valence-electron chi connectivity index (χ1n) is 4.89. The van der Waals surface area contributed by atoms with Crippen molar-refractivity contribution in [2.75, 3.05) is 0 Å². The fourth-order valence-corrected chi connectivity index (χ4v) is 2.81. The van der Waals surface area contributed by atoms with Crippen molar-refractivity contribution in [3.63, 3.8) is 0 Å². The highest BCUT2D eigenvalue weighted by Gasteiger charge is 2.62. The molecule has 0 aromatic rings. The van der Waals surface area contributed by atoms with Crippen LogP contribution in [0.5, 0.6) is 0 Å². The van der Waals surface area contributed by atoms with Crippen LogP contribution in [0.4, 0.5) is 0 Å². The predicted octanol–water partition coefficient (Wildman–Crippen LogP) is 2.65. The predicted molar refractivity (Wildman–Crippen MR) is 48.8 cm³/mol. The van der Waals surface area contributed by atoms with Crippen LogP contribution in [0.15, 0.2) is 0 Å². The molecule has 2 atom stereocenters. The second kappa shape index (κ2) is 1.94. The summed E-state index contributed by atoms with van der Waals surface area (Å²) < 4.78 is 0. The zero-order valence-corrected chi connectivity index (χ0v) is 8.48. The van der Waals surface area contributed by atoms with Crippen molar-refractivity contribution in [2.24, 2.45) is 22.7 Å². The largest absolute Gasteiger partial charge is 0.299 e. The molecule has 0 unspecified atom stereocenters. The third-order valence-electron chi connectivity index (χ3n) is 4.18. The van der Waals surface area contributed by atoms with Gasteiger partial charge in [0.15, 0.2) is 0 Å². The Hall–Kier alpha value is -0.330. The van der Waals surface area contributed by atoms with Gasteiger partial charge < -0.3 is 0 Å². The van der Waals surface area contributed by atoms with Crippen LogP contribution < -0.4 is 0 Å². The van der Waals surface area contributed by atoms with E-state index < -0.39 is 0 Å². The molecular formula is C11H18O. The molecule has 2 aliphatic rings. The minimum Gasteiger partial charge on any atom is -0.299 e. The summed E-state index contributed by atoms with van der Waals surface area (Å²) in [6.07, 6.45) is 1.95. The smallest absolute Gasteiger partial charge is 0.138 e. The number of rotatable bonds is 0. The molecule has 1 nitrogen and oxygen atoms in total. The van der Waals surface area contributed by atoms with Gasteiger partial charge in [0.1, 0.15) is 5.78 Å². The molecule has 2 fully saturated rings. The van der Waals surface area contributed by atoms with Crippen LogP contribution in [0, 0.1) is 22.7 Å². The van der Waals surface area contributed by atoms with Gasteiger partial charge in [-0.1, -0.05) is 27.7 Å². The lowest BCUT2D eigenvalue weighted by Crippen LogP contribution is -2.28. The molecule has 0 aromatic heterocycles.